The number of ether oxygens (including phenoxy) is 1. The molecular weight excluding hydrogens is 505 g/mol. The molecular formula is C28H35ClN5O2P. The molecule has 0 saturated carbocycles. The van der Waals surface area contributed by atoms with Crippen molar-refractivity contribution in [3.8, 4) is 5.75 Å². The van der Waals surface area contributed by atoms with E-state index in [1.54, 1.807) is 32.7 Å². The molecule has 2 aromatic carbocycles. The first kappa shape index (κ1) is 26.0. The van der Waals surface area contributed by atoms with Crippen molar-refractivity contribution in [1.82, 2.24) is 14.9 Å². The highest BCUT2D eigenvalue weighted by molar-refractivity contribution is 7.70. The molecule has 7 nitrogen and oxygen atoms in total. The summed E-state index contributed by atoms with van der Waals surface area (Å²) in [5.41, 5.74) is 4.49. The summed E-state index contributed by atoms with van der Waals surface area (Å²) in [6, 6.07) is 12.7. The first-order chi connectivity index (χ1) is 17.8. The summed E-state index contributed by atoms with van der Waals surface area (Å²) in [5, 5.41) is 7.66. The molecule has 1 atom stereocenters. The number of hydrogen-bond acceptors (Lipinski definition) is 7. The summed E-state index contributed by atoms with van der Waals surface area (Å²) in [6.45, 7) is 5.97. The summed E-state index contributed by atoms with van der Waals surface area (Å²) in [5.74, 6) is 1.54. The molecule has 2 N–H and O–H groups in total. The third-order valence-corrected chi connectivity index (χ3v) is 9.20. The van der Waals surface area contributed by atoms with Gasteiger partial charge in [-0.1, -0.05) is 17.7 Å². The number of aryl methyl sites for hydroxylation is 2. The van der Waals surface area contributed by atoms with Crippen LogP contribution in [0.4, 0.5) is 23.1 Å². The van der Waals surface area contributed by atoms with E-state index < -0.39 is 7.14 Å². The summed E-state index contributed by atoms with van der Waals surface area (Å²) >= 11 is 6.44. The molecule has 1 aliphatic heterocycles. The van der Waals surface area contributed by atoms with Crippen molar-refractivity contribution in [2.24, 2.45) is 0 Å². The van der Waals surface area contributed by atoms with Crippen LogP contribution >= 0.6 is 18.7 Å². The number of likely N-dealkylation sites (tertiary alicyclic amines) is 1. The van der Waals surface area contributed by atoms with Crippen LogP contribution in [0, 0.1) is 0 Å². The second-order valence-electron chi connectivity index (χ2n) is 10.3. The van der Waals surface area contributed by atoms with Gasteiger partial charge in [0, 0.05) is 17.0 Å². The van der Waals surface area contributed by atoms with E-state index >= 15 is 0 Å². The fourth-order valence-corrected chi connectivity index (χ4v) is 6.69. The smallest absolute Gasteiger partial charge is 0.229 e. The average Bonchev–Trinajstić information content (AvgIpc) is 3.33. The standard InChI is InChI=1S/C28H35ClN5O2P/c1-36-23-12-13-25(26(17-23)37(2,3)35)32-27-24(29)18-30-28(33-27)31-21-9-6-19-7-10-22(11-8-20(19)16-21)34-14-4-5-15-34/h6,9,12-13,16-18,22H,4-5,7-8,10-11,14-15H2,1-3H3,(H2,30,31,32,33)/t22-/m0/s1. The van der Waals surface area contributed by atoms with E-state index in [1.807, 2.05) is 12.1 Å². The minimum Gasteiger partial charge on any atom is -0.497 e. The Hall–Kier alpha value is -2.60. The highest BCUT2D eigenvalue weighted by Gasteiger charge is 2.24. The molecule has 37 heavy (non-hydrogen) atoms. The first-order valence-corrected chi connectivity index (χ1v) is 15.9. The molecule has 2 heterocycles. The number of aromatic nitrogens is 2. The van der Waals surface area contributed by atoms with Crippen LogP contribution in [0.1, 0.15) is 36.8 Å². The molecule has 1 fully saturated rings. The lowest BCUT2D eigenvalue weighted by molar-refractivity contribution is 0.222. The second-order valence-corrected chi connectivity index (χ2v) is 13.9. The third kappa shape index (κ3) is 6.11. The van der Waals surface area contributed by atoms with Crippen molar-refractivity contribution in [3.05, 3.63) is 58.7 Å². The number of anilines is 4. The number of benzene rings is 2. The molecule has 0 spiro atoms. The van der Waals surface area contributed by atoms with E-state index in [2.05, 4.69) is 43.7 Å². The van der Waals surface area contributed by atoms with Crippen LogP contribution in [-0.2, 0) is 17.4 Å². The quantitative estimate of drug-likeness (QED) is 0.273. The van der Waals surface area contributed by atoms with E-state index in [1.165, 1.54) is 49.9 Å². The lowest BCUT2D eigenvalue weighted by Crippen LogP contribution is -2.32. The Kier molecular flexibility index (Phi) is 7.75. The number of fused-ring (bicyclic) bond motifs is 1. The molecule has 5 rings (SSSR count). The van der Waals surface area contributed by atoms with Gasteiger partial charge in [0.15, 0.2) is 5.82 Å². The van der Waals surface area contributed by atoms with Crippen LogP contribution in [0.5, 0.6) is 5.75 Å². The van der Waals surface area contributed by atoms with Crippen LogP contribution in [-0.4, -0.2) is 54.4 Å². The Morgan fingerprint density at radius 3 is 2.51 bits per heavy atom. The minimum atomic E-state index is -2.59. The van der Waals surface area contributed by atoms with Gasteiger partial charge in [0.05, 0.1) is 19.0 Å². The van der Waals surface area contributed by atoms with Crippen molar-refractivity contribution in [3.63, 3.8) is 0 Å². The molecule has 0 bridgehead atoms. The monoisotopic (exact) mass is 539 g/mol. The highest BCUT2D eigenvalue weighted by Crippen LogP contribution is 2.40. The molecule has 9 heteroatoms. The Balaban J connectivity index is 1.33. The molecule has 0 unspecified atom stereocenters. The van der Waals surface area contributed by atoms with E-state index in [0.29, 0.717) is 39.6 Å². The van der Waals surface area contributed by atoms with Crippen molar-refractivity contribution < 1.29 is 9.30 Å². The fraction of sp³-hybridized carbons (Fsp3) is 0.429. The number of nitrogens with zero attached hydrogens (tertiary/aromatic N) is 3. The Labute approximate surface area is 224 Å². The molecule has 2 aliphatic rings. The molecule has 1 aliphatic carbocycles. The van der Waals surface area contributed by atoms with E-state index in [4.69, 9.17) is 16.3 Å². The molecule has 1 saturated heterocycles. The van der Waals surface area contributed by atoms with Gasteiger partial charge in [-0.25, -0.2) is 4.98 Å². The van der Waals surface area contributed by atoms with Gasteiger partial charge in [-0.3, -0.25) is 0 Å². The van der Waals surface area contributed by atoms with Crippen molar-refractivity contribution in [2.45, 2.75) is 44.6 Å². The highest BCUT2D eigenvalue weighted by atomic mass is 35.5. The van der Waals surface area contributed by atoms with Crippen molar-refractivity contribution in [2.75, 3.05) is 44.2 Å². The Bertz CT molecular complexity index is 1320. The van der Waals surface area contributed by atoms with Gasteiger partial charge in [0.1, 0.15) is 17.9 Å². The third-order valence-electron chi connectivity index (χ3n) is 7.40. The summed E-state index contributed by atoms with van der Waals surface area (Å²) in [7, 11) is -0.996. The zero-order valence-electron chi connectivity index (χ0n) is 21.8. The summed E-state index contributed by atoms with van der Waals surface area (Å²) in [6.07, 6.45) is 8.93. The van der Waals surface area contributed by atoms with Gasteiger partial charge in [0.25, 0.3) is 0 Å². The lowest BCUT2D eigenvalue weighted by Gasteiger charge is -2.25. The molecule has 0 radical (unpaired) electrons. The van der Waals surface area contributed by atoms with Gasteiger partial charge in [-0.15, -0.1) is 0 Å². The van der Waals surface area contributed by atoms with E-state index in [0.717, 1.165) is 18.5 Å². The number of nitrogens with one attached hydrogen (secondary N) is 2. The van der Waals surface area contributed by atoms with Crippen LogP contribution in [0.15, 0.2) is 42.6 Å². The first-order valence-electron chi connectivity index (χ1n) is 13.0. The largest absolute Gasteiger partial charge is 0.497 e. The molecule has 196 valence electrons. The Morgan fingerprint density at radius 2 is 1.78 bits per heavy atom. The zero-order valence-corrected chi connectivity index (χ0v) is 23.4. The van der Waals surface area contributed by atoms with Gasteiger partial charge < -0.3 is 24.8 Å². The molecule has 1 aromatic heterocycles. The summed E-state index contributed by atoms with van der Waals surface area (Å²) < 4.78 is 18.3. The SMILES string of the molecule is COc1ccc(Nc2nc(Nc3ccc4c(c3)CC[C@@H](N3CCCC3)CC4)ncc2Cl)c(P(C)(C)=O)c1. The summed E-state index contributed by atoms with van der Waals surface area (Å²) in [4.78, 5) is 11.7. The number of hydrogen-bond donors (Lipinski definition) is 2. The Morgan fingerprint density at radius 1 is 1.03 bits per heavy atom. The van der Waals surface area contributed by atoms with Gasteiger partial charge in [-0.2, -0.15) is 4.98 Å². The van der Waals surface area contributed by atoms with Gasteiger partial charge in [0.2, 0.25) is 5.95 Å². The van der Waals surface area contributed by atoms with Crippen molar-refractivity contribution >= 4 is 47.2 Å². The van der Waals surface area contributed by atoms with Crippen LogP contribution in [0.25, 0.3) is 0 Å². The normalized spacial score (nSPS) is 18.2. The number of rotatable bonds is 7. The van der Waals surface area contributed by atoms with Crippen LogP contribution < -0.4 is 20.7 Å². The molecule has 3 aromatic rings. The average molecular weight is 540 g/mol. The van der Waals surface area contributed by atoms with Crippen LogP contribution in [0.2, 0.25) is 5.02 Å². The second kappa shape index (κ2) is 11.0. The maximum absolute atomic E-state index is 12.9. The van der Waals surface area contributed by atoms with E-state index in [9.17, 15) is 4.57 Å². The minimum absolute atomic E-state index is 0.379. The fourth-order valence-electron chi connectivity index (χ4n) is 5.40. The zero-order chi connectivity index (χ0) is 26.0. The number of methoxy groups -OCH3 is 1. The van der Waals surface area contributed by atoms with Gasteiger partial charge in [-0.05, 0) is 106 Å². The van der Waals surface area contributed by atoms with Crippen LogP contribution in [0.3, 0.4) is 0 Å². The maximum atomic E-state index is 12.9. The topological polar surface area (TPSA) is 79.4 Å². The predicted molar refractivity (Wildman–Crippen MR) is 153 cm³/mol. The lowest BCUT2D eigenvalue weighted by atomic mass is 10.0. The van der Waals surface area contributed by atoms with E-state index in [-0.39, 0.29) is 0 Å². The molecule has 0 amide bonds. The van der Waals surface area contributed by atoms with Gasteiger partial charge >= 0.3 is 0 Å². The maximum Gasteiger partial charge on any atom is 0.229 e. The number of halogens is 1. The van der Waals surface area contributed by atoms with Crippen molar-refractivity contribution in [1.29, 1.82) is 0 Å². The predicted octanol–water partition coefficient (Wildman–Crippen LogP) is 6.22.